The molecule has 1 aliphatic heterocycles. The fraction of sp³-hybridized carbons (Fsp3) is 0.750. The highest BCUT2D eigenvalue weighted by atomic mass is 35.5. The van der Waals surface area contributed by atoms with Gasteiger partial charge in [-0.2, -0.15) is 5.10 Å². The summed E-state index contributed by atoms with van der Waals surface area (Å²) in [7, 11) is -2.99. The van der Waals surface area contributed by atoms with Crippen LogP contribution in [0.2, 0.25) is 0 Å². The zero-order valence-electron chi connectivity index (χ0n) is 14.3. The van der Waals surface area contributed by atoms with Crippen LogP contribution in [0.4, 0.5) is 5.82 Å². The number of sulfone groups is 1. The van der Waals surface area contributed by atoms with Gasteiger partial charge in [-0.25, -0.2) is 13.1 Å². The van der Waals surface area contributed by atoms with Crippen LogP contribution >= 0.6 is 12.4 Å². The summed E-state index contributed by atoms with van der Waals surface area (Å²) in [6.45, 7) is 0.528. The van der Waals surface area contributed by atoms with Gasteiger partial charge in [-0.05, 0) is 31.2 Å². The molecule has 142 valence electrons. The quantitative estimate of drug-likeness (QED) is 0.798. The average molecular weight is 391 g/mol. The van der Waals surface area contributed by atoms with Crippen molar-refractivity contribution in [3.63, 3.8) is 0 Å². The number of carbonyl (C=O) groups is 1. The van der Waals surface area contributed by atoms with Gasteiger partial charge >= 0.3 is 0 Å². The molecular weight excluding hydrogens is 364 g/mol. The SMILES string of the molecule is Cl.NCC1(CC(=O)Nc2ccnn2C2CCS(=O)(=O)C2)CCCCC1. The normalized spacial score (nSPS) is 24.4. The molecule has 0 spiro atoms. The van der Waals surface area contributed by atoms with E-state index >= 15 is 0 Å². The maximum atomic E-state index is 12.5. The zero-order valence-corrected chi connectivity index (χ0v) is 15.9. The second-order valence-corrected chi connectivity index (χ2v) is 9.44. The minimum absolute atomic E-state index is 0. The van der Waals surface area contributed by atoms with Crippen LogP contribution in [0.25, 0.3) is 0 Å². The second kappa shape index (κ2) is 8.05. The molecule has 1 aromatic heterocycles. The van der Waals surface area contributed by atoms with Crippen LogP contribution in [0, 0.1) is 5.41 Å². The van der Waals surface area contributed by atoms with Crippen molar-refractivity contribution in [3.8, 4) is 0 Å². The molecule has 0 aromatic carbocycles. The fourth-order valence-corrected chi connectivity index (χ4v) is 5.65. The van der Waals surface area contributed by atoms with Crippen LogP contribution in [-0.2, 0) is 14.6 Å². The van der Waals surface area contributed by atoms with Gasteiger partial charge in [0.05, 0.1) is 23.7 Å². The largest absolute Gasteiger partial charge is 0.330 e. The lowest BCUT2D eigenvalue weighted by atomic mass is 9.71. The van der Waals surface area contributed by atoms with Crippen molar-refractivity contribution in [2.75, 3.05) is 23.4 Å². The minimum Gasteiger partial charge on any atom is -0.330 e. The molecule has 2 fully saturated rings. The van der Waals surface area contributed by atoms with E-state index in [-0.39, 0.29) is 41.3 Å². The molecule has 2 heterocycles. The summed E-state index contributed by atoms with van der Waals surface area (Å²) in [5.74, 6) is 0.779. The van der Waals surface area contributed by atoms with Crippen LogP contribution in [-0.4, -0.2) is 42.2 Å². The van der Waals surface area contributed by atoms with Crippen molar-refractivity contribution in [2.45, 2.75) is 51.0 Å². The van der Waals surface area contributed by atoms with E-state index < -0.39 is 9.84 Å². The average Bonchev–Trinajstić information content (AvgIpc) is 3.14. The number of carbonyl (C=O) groups excluding carboxylic acids is 1. The molecule has 0 radical (unpaired) electrons. The van der Waals surface area contributed by atoms with E-state index in [0.29, 0.717) is 25.2 Å². The van der Waals surface area contributed by atoms with Gasteiger partial charge in [-0.15, -0.1) is 12.4 Å². The van der Waals surface area contributed by atoms with Crippen LogP contribution in [0.1, 0.15) is 51.0 Å². The summed E-state index contributed by atoms with van der Waals surface area (Å²) in [5.41, 5.74) is 5.86. The summed E-state index contributed by atoms with van der Waals surface area (Å²) in [5, 5.41) is 7.13. The van der Waals surface area contributed by atoms with E-state index in [4.69, 9.17) is 5.73 Å². The summed E-state index contributed by atoms with van der Waals surface area (Å²) < 4.78 is 25.0. The van der Waals surface area contributed by atoms with E-state index in [1.807, 2.05) is 0 Å². The second-order valence-electron chi connectivity index (χ2n) is 7.21. The van der Waals surface area contributed by atoms with Crippen LogP contribution in [0.15, 0.2) is 12.3 Å². The summed E-state index contributed by atoms with van der Waals surface area (Å²) in [4.78, 5) is 12.5. The summed E-state index contributed by atoms with van der Waals surface area (Å²) in [6.07, 6.45) is 8.02. The van der Waals surface area contributed by atoms with Gasteiger partial charge in [-0.3, -0.25) is 4.79 Å². The fourth-order valence-electron chi connectivity index (χ4n) is 3.95. The Morgan fingerprint density at radius 3 is 2.68 bits per heavy atom. The highest BCUT2D eigenvalue weighted by Crippen LogP contribution is 2.38. The Morgan fingerprint density at radius 1 is 1.36 bits per heavy atom. The Labute approximate surface area is 155 Å². The standard InChI is InChI=1S/C16H26N4O3S.ClH/c17-12-16(6-2-1-3-7-16)10-15(21)19-14-4-8-18-20(14)13-5-9-24(22,23)11-13;/h4,8,13H,1-3,5-7,9-12,17H2,(H,19,21);1H. The molecule has 1 saturated carbocycles. The monoisotopic (exact) mass is 390 g/mol. The Bertz CT molecular complexity index is 698. The number of aromatic nitrogens is 2. The highest BCUT2D eigenvalue weighted by Gasteiger charge is 2.34. The molecule has 1 atom stereocenters. The van der Waals surface area contributed by atoms with Crippen molar-refractivity contribution >= 4 is 34.0 Å². The van der Waals surface area contributed by atoms with Crippen LogP contribution in [0.5, 0.6) is 0 Å². The number of nitrogens with two attached hydrogens (primary N) is 1. The Balaban J connectivity index is 0.00000225. The zero-order chi connectivity index (χ0) is 17.2. The summed E-state index contributed by atoms with van der Waals surface area (Å²) in [6, 6.07) is 1.53. The molecule has 1 aliphatic carbocycles. The molecule has 0 bridgehead atoms. The molecular formula is C16H27ClN4O3S. The topological polar surface area (TPSA) is 107 Å². The molecule has 1 unspecified atom stereocenters. The first-order chi connectivity index (χ1) is 11.4. The van der Waals surface area contributed by atoms with Crippen molar-refractivity contribution < 1.29 is 13.2 Å². The minimum atomic E-state index is -2.99. The van der Waals surface area contributed by atoms with Gasteiger partial charge in [0.15, 0.2) is 9.84 Å². The number of hydrogen-bond acceptors (Lipinski definition) is 5. The first kappa shape index (κ1) is 20.2. The van der Waals surface area contributed by atoms with Crippen molar-refractivity contribution in [3.05, 3.63) is 12.3 Å². The first-order valence-electron chi connectivity index (χ1n) is 8.67. The predicted octanol–water partition coefficient (Wildman–Crippen LogP) is 1.90. The van der Waals surface area contributed by atoms with E-state index in [2.05, 4.69) is 10.4 Å². The van der Waals surface area contributed by atoms with Crippen molar-refractivity contribution in [2.24, 2.45) is 11.1 Å². The molecule has 1 aromatic rings. The molecule has 3 N–H and O–H groups in total. The van der Waals surface area contributed by atoms with Gasteiger partial charge in [0, 0.05) is 12.5 Å². The number of nitrogens with zero attached hydrogens (tertiary/aromatic N) is 2. The molecule has 9 heteroatoms. The lowest BCUT2D eigenvalue weighted by molar-refractivity contribution is -0.118. The van der Waals surface area contributed by atoms with E-state index in [1.165, 1.54) is 6.42 Å². The van der Waals surface area contributed by atoms with Crippen LogP contribution in [0.3, 0.4) is 0 Å². The van der Waals surface area contributed by atoms with Crippen molar-refractivity contribution in [1.29, 1.82) is 0 Å². The molecule has 25 heavy (non-hydrogen) atoms. The maximum absolute atomic E-state index is 12.5. The van der Waals surface area contributed by atoms with Gasteiger partial charge in [0.25, 0.3) is 0 Å². The third kappa shape index (κ3) is 4.74. The van der Waals surface area contributed by atoms with Gasteiger partial charge in [0.1, 0.15) is 5.82 Å². The lowest BCUT2D eigenvalue weighted by Crippen LogP contribution is -2.36. The third-order valence-corrected chi connectivity index (χ3v) is 7.13. The Hall–Kier alpha value is -1.12. The molecule has 2 aliphatic rings. The number of hydrogen-bond donors (Lipinski definition) is 2. The van der Waals surface area contributed by atoms with Gasteiger partial charge in [-0.1, -0.05) is 19.3 Å². The molecule has 7 nitrogen and oxygen atoms in total. The highest BCUT2D eigenvalue weighted by molar-refractivity contribution is 7.91. The first-order valence-corrected chi connectivity index (χ1v) is 10.5. The van der Waals surface area contributed by atoms with Gasteiger partial charge in [0.2, 0.25) is 5.91 Å². The van der Waals surface area contributed by atoms with E-state index in [1.54, 1.807) is 16.9 Å². The van der Waals surface area contributed by atoms with E-state index in [0.717, 1.165) is 25.7 Å². The number of halogens is 1. The Morgan fingerprint density at radius 2 is 2.08 bits per heavy atom. The number of rotatable bonds is 5. The third-order valence-electron chi connectivity index (χ3n) is 5.37. The smallest absolute Gasteiger partial charge is 0.226 e. The number of nitrogens with one attached hydrogen (secondary N) is 1. The molecule has 1 saturated heterocycles. The molecule has 1 amide bonds. The number of anilines is 1. The number of amides is 1. The van der Waals surface area contributed by atoms with Gasteiger partial charge < -0.3 is 11.1 Å². The predicted molar refractivity (Wildman–Crippen MR) is 99.6 cm³/mol. The van der Waals surface area contributed by atoms with E-state index in [9.17, 15) is 13.2 Å². The summed E-state index contributed by atoms with van der Waals surface area (Å²) >= 11 is 0. The molecule has 3 rings (SSSR count). The lowest BCUT2D eigenvalue weighted by Gasteiger charge is -2.35. The van der Waals surface area contributed by atoms with Crippen LogP contribution < -0.4 is 11.1 Å². The maximum Gasteiger partial charge on any atom is 0.226 e. The van der Waals surface area contributed by atoms with Crippen molar-refractivity contribution in [1.82, 2.24) is 9.78 Å². The Kier molecular flexibility index (Phi) is 6.51.